The molecular formula is C18H20N8O2. The highest BCUT2D eigenvalue weighted by molar-refractivity contribution is 5.80. The van der Waals surface area contributed by atoms with E-state index in [1.807, 2.05) is 35.4 Å². The van der Waals surface area contributed by atoms with E-state index in [9.17, 15) is 9.59 Å². The van der Waals surface area contributed by atoms with Gasteiger partial charge < -0.3 is 9.80 Å². The highest BCUT2D eigenvalue weighted by atomic mass is 16.2. The Morgan fingerprint density at radius 2 is 2.00 bits per heavy atom. The van der Waals surface area contributed by atoms with E-state index in [2.05, 4.69) is 20.6 Å². The van der Waals surface area contributed by atoms with Crippen LogP contribution in [0.3, 0.4) is 0 Å². The van der Waals surface area contributed by atoms with Crippen LogP contribution in [0.25, 0.3) is 11.0 Å². The topological polar surface area (TPSA) is 102 Å². The molecule has 2 fully saturated rings. The number of rotatable bonds is 5. The Hall–Kier alpha value is -3.30. The van der Waals surface area contributed by atoms with Crippen molar-refractivity contribution in [3.05, 3.63) is 36.2 Å². The fourth-order valence-electron chi connectivity index (χ4n) is 3.72. The van der Waals surface area contributed by atoms with Crippen LogP contribution in [0.5, 0.6) is 0 Å². The summed E-state index contributed by atoms with van der Waals surface area (Å²) in [6.45, 7) is 2.66. The average Bonchev–Trinajstić information content (AvgIpc) is 3.37. The highest BCUT2D eigenvalue weighted by Gasteiger charge is 2.33. The predicted molar refractivity (Wildman–Crippen MR) is 97.8 cm³/mol. The summed E-state index contributed by atoms with van der Waals surface area (Å²) in [6, 6.07) is 7.70. The number of amides is 2. The molecule has 2 aliphatic heterocycles. The van der Waals surface area contributed by atoms with Crippen molar-refractivity contribution >= 4 is 22.8 Å². The van der Waals surface area contributed by atoms with Gasteiger partial charge in [-0.2, -0.15) is 0 Å². The van der Waals surface area contributed by atoms with Crippen LogP contribution in [0.15, 0.2) is 30.5 Å². The standard InChI is InChI=1S/C18H20N8O2/c27-17-6-3-7-23(17)8-13-9-25(21-19-13)14-10-24(11-14)18(28)12-26-16-5-2-1-4-15(16)20-22-26/h1-2,4-5,9,14H,3,6-8,10-12H2. The summed E-state index contributed by atoms with van der Waals surface area (Å²) < 4.78 is 3.43. The van der Waals surface area contributed by atoms with Crippen LogP contribution in [0, 0.1) is 0 Å². The zero-order valence-corrected chi connectivity index (χ0v) is 15.3. The van der Waals surface area contributed by atoms with Gasteiger partial charge in [0.25, 0.3) is 0 Å². The van der Waals surface area contributed by atoms with Crippen molar-refractivity contribution in [2.75, 3.05) is 19.6 Å². The molecule has 0 bridgehead atoms. The molecule has 0 spiro atoms. The third-order valence-corrected chi connectivity index (χ3v) is 5.38. The van der Waals surface area contributed by atoms with E-state index < -0.39 is 0 Å². The molecule has 4 heterocycles. The number of nitrogens with zero attached hydrogens (tertiary/aromatic N) is 8. The molecule has 0 atom stereocenters. The second-order valence-corrected chi connectivity index (χ2v) is 7.30. The van der Waals surface area contributed by atoms with Gasteiger partial charge in [-0.25, -0.2) is 9.36 Å². The molecular weight excluding hydrogens is 360 g/mol. The highest BCUT2D eigenvalue weighted by Crippen LogP contribution is 2.22. The summed E-state index contributed by atoms with van der Waals surface area (Å²) in [4.78, 5) is 27.9. The zero-order valence-electron chi connectivity index (χ0n) is 15.3. The summed E-state index contributed by atoms with van der Waals surface area (Å²) in [7, 11) is 0. The van der Waals surface area contributed by atoms with Gasteiger partial charge in [0.1, 0.15) is 17.8 Å². The lowest BCUT2D eigenvalue weighted by molar-refractivity contribution is -0.138. The SMILES string of the molecule is O=C1CCCN1Cc1cn(C2CN(C(=O)Cn3nnc4ccccc43)C2)nn1. The first-order valence-electron chi connectivity index (χ1n) is 9.42. The van der Waals surface area contributed by atoms with E-state index >= 15 is 0 Å². The van der Waals surface area contributed by atoms with Gasteiger partial charge in [-0.05, 0) is 18.6 Å². The number of benzene rings is 1. The van der Waals surface area contributed by atoms with Gasteiger partial charge in [-0.1, -0.05) is 22.6 Å². The molecule has 0 N–H and O–H groups in total. The van der Waals surface area contributed by atoms with Crippen LogP contribution in [0.1, 0.15) is 24.6 Å². The molecule has 1 aromatic carbocycles. The Morgan fingerprint density at radius 3 is 2.82 bits per heavy atom. The summed E-state index contributed by atoms with van der Waals surface area (Å²) in [5, 5.41) is 16.5. The Morgan fingerprint density at radius 1 is 1.14 bits per heavy atom. The van der Waals surface area contributed by atoms with Crippen LogP contribution >= 0.6 is 0 Å². The maximum absolute atomic E-state index is 12.5. The van der Waals surface area contributed by atoms with Crippen molar-refractivity contribution in [1.82, 2.24) is 39.8 Å². The first-order valence-corrected chi connectivity index (χ1v) is 9.42. The summed E-state index contributed by atoms with van der Waals surface area (Å²) in [5.74, 6) is 0.186. The maximum Gasteiger partial charge on any atom is 0.244 e. The quantitative estimate of drug-likeness (QED) is 0.628. The number of fused-ring (bicyclic) bond motifs is 1. The molecule has 0 aliphatic carbocycles. The molecule has 28 heavy (non-hydrogen) atoms. The molecule has 5 rings (SSSR count). The Labute approximate surface area is 160 Å². The number of likely N-dealkylation sites (tertiary alicyclic amines) is 2. The number of hydrogen-bond acceptors (Lipinski definition) is 6. The zero-order chi connectivity index (χ0) is 19.1. The van der Waals surface area contributed by atoms with Crippen molar-refractivity contribution in [3.8, 4) is 0 Å². The van der Waals surface area contributed by atoms with Gasteiger partial charge in [-0.3, -0.25) is 9.59 Å². The third-order valence-electron chi connectivity index (χ3n) is 5.38. The molecule has 2 saturated heterocycles. The van der Waals surface area contributed by atoms with Crippen LogP contribution in [0.4, 0.5) is 0 Å². The number of para-hydroxylation sites is 1. The van der Waals surface area contributed by atoms with Gasteiger partial charge in [-0.15, -0.1) is 10.2 Å². The van der Waals surface area contributed by atoms with Crippen molar-refractivity contribution in [3.63, 3.8) is 0 Å². The lowest BCUT2D eigenvalue weighted by atomic mass is 10.1. The van der Waals surface area contributed by atoms with Crippen LogP contribution in [-0.2, 0) is 22.7 Å². The number of aromatic nitrogens is 6. The molecule has 144 valence electrons. The lowest BCUT2D eigenvalue weighted by Gasteiger charge is -2.38. The third kappa shape index (κ3) is 3.00. The van der Waals surface area contributed by atoms with E-state index in [4.69, 9.17) is 0 Å². The number of carbonyl (C=O) groups is 2. The number of carbonyl (C=O) groups excluding carboxylic acids is 2. The first-order chi connectivity index (χ1) is 13.7. The molecule has 3 aromatic rings. The average molecular weight is 380 g/mol. The van der Waals surface area contributed by atoms with Crippen LogP contribution in [0.2, 0.25) is 0 Å². The fraction of sp³-hybridized carbons (Fsp3) is 0.444. The summed E-state index contributed by atoms with van der Waals surface area (Å²) in [5.41, 5.74) is 2.42. The molecule has 2 aliphatic rings. The van der Waals surface area contributed by atoms with E-state index in [1.54, 1.807) is 14.3 Å². The second kappa shape index (κ2) is 6.70. The van der Waals surface area contributed by atoms with E-state index in [0.717, 1.165) is 29.7 Å². The number of hydrogen-bond donors (Lipinski definition) is 0. The minimum atomic E-state index is 0.00917. The van der Waals surface area contributed by atoms with Gasteiger partial charge >= 0.3 is 0 Å². The minimum absolute atomic E-state index is 0.00917. The normalized spacial score (nSPS) is 17.5. The molecule has 0 radical (unpaired) electrons. The smallest absolute Gasteiger partial charge is 0.244 e. The summed E-state index contributed by atoms with van der Waals surface area (Å²) >= 11 is 0. The Bertz CT molecular complexity index is 1040. The largest absolute Gasteiger partial charge is 0.337 e. The second-order valence-electron chi connectivity index (χ2n) is 7.30. The fourth-order valence-corrected chi connectivity index (χ4v) is 3.72. The molecule has 10 nitrogen and oxygen atoms in total. The van der Waals surface area contributed by atoms with Gasteiger partial charge in [0, 0.05) is 26.1 Å². The van der Waals surface area contributed by atoms with E-state index in [1.165, 1.54) is 0 Å². The Kier molecular flexibility index (Phi) is 4.03. The monoisotopic (exact) mass is 380 g/mol. The predicted octanol–water partition coefficient (Wildman–Crippen LogP) is 0.229. The maximum atomic E-state index is 12.5. The molecule has 10 heteroatoms. The first kappa shape index (κ1) is 16.8. The lowest BCUT2D eigenvalue weighted by Crippen LogP contribution is -2.52. The van der Waals surface area contributed by atoms with Gasteiger partial charge in [0.05, 0.1) is 24.3 Å². The van der Waals surface area contributed by atoms with Crippen molar-refractivity contribution < 1.29 is 9.59 Å². The van der Waals surface area contributed by atoms with Gasteiger partial charge in [0.15, 0.2) is 0 Å². The van der Waals surface area contributed by atoms with Crippen molar-refractivity contribution in [2.24, 2.45) is 0 Å². The Balaban J connectivity index is 1.17. The van der Waals surface area contributed by atoms with Crippen molar-refractivity contribution in [2.45, 2.75) is 32.0 Å². The van der Waals surface area contributed by atoms with Crippen LogP contribution in [-0.4, -0.2) is 71.2 Å². The van der Waals surface area contributed by atoms with E-state index in [0.29, 0.717) is 26.1 Å². The van der Waals surface area contributed by atoms with E-state index in [-0.39, 0.29) is 24.4 Å². The molecule has 2 aromatic heterocycles. The van der Waals surface area contributed by atoms with Gasteiger partial charge in [0.2, 0.25) is 11.8 Å². The van der Waals surface area contributed by atoms with Crippen LogP contribution < -0.4 is 0 Å². The molecule has 2 amide bonds. The molecule has 0 saturated carbocycles. The minimum Gasteiger partial charge on any atom is -0.337 e. The summed E-state index contributed by atoms with van der Waals surface area (Å²) in [6.07, 6.45) is 3.41. The van der Waals surface area contributed by atoms with Crippen molar-refractivity contribution in [1.29, 1.82) is 0 Å². The molecule has 0 unspecified atom stereocenters.